The average molecular weight is 243 g/mol. The second-order valence-corrected chi connectivity index (χ2v) is 4.29. The molecule has 1 nitrogen and oxygen atoms in total. The van der Waals surface area contributed by atoms with Crippen LogP contribution in [0.25, 0.3) is 0 Å². The molecule has 1 aliphatic rings. The van der Waals surface area contributed by atoms with Gasteiger partial charge in [0, 0.05) is 29.5 Å². The predicted molar refractivity (Wildman–Crippen MR) is 64.0 cm³/mol. The third kappa shape index (κ3) is 3.32. The van der Waals surface area contributed by atoms with Gasteiger partial charge in [-0.2, -0.15) is 0 Å². The maximum atomic E-state index is 13.6. The second kappa shape index (κ2) is 5.34. The molecule has 0 heterocycles. The first-order valence-corrected chi connectivity index (χ1v) is 5.42. The van der Waals surface area contributed by atoms with Crippen LogP contribution in [-0.4, -0.2) is 11.9 Å². The fourth-order valence-electron chi connectivity index (χ4n) is 1.73. The Labute approximate surface area is 99.4 Å². The highest BCUT2D eigenvalue weighted by Crippen LogP contribution is 2.34. The van der Waals surface area contributed by atoms with Crippen LogP contribution in [0.15, 0.2) is 39.6 Å². The summed E-state index contributed by atoms with van der Waals surface area (Å²) in [7, 11) is 0. The van der Waals surface area contributed by atoms with Crippen LogP contribution < -0.4 is 0 Å². The van der Waals surface area contributed by atoms with Crippen LogP contribution in [0.4, 0.5) is 13.2 Å². The van der Waals surface area contributed by atoms with Crippen molar-refractivity contribution in [2.45, 2.75) is 40.3 Å². The van der Waals surface area contributed by atoms with Crippen LogP contribution in [-0.2, 0) is 0 Å². The number of alkyl halides is 1. The van der Waals surface area contributed by atoms with E-state index in [0.29, 0.717) is 11.3 Å². The number of nitrogens with zero attached hydrogens (tertiary/aromatic N) is 1. The Balaban J connectivity index is 3.24. The maximum Gasteiger partial charge on any atom is 0.135 e. The van der Waals surface area contributed by atoms with Gasteiger partial charge in [0.2, 0.25) is 0 Å². The van der Waals surface area contributed by atoms with Crippen LogP contribution in [0.2, 0.25) is 0 Å². The van der Waals surface area contributed by atoms with Crippen LogP contribution in [0.3, 0.4) is 0 Å². The summed E-state index contributed by atoms with van der Waals surface area (Å²) < 4.78 is 40.0. The van der Waals surface area contributed by atoms with Crippen molar-refractivity contribution in [3.63, 3.8) is 0 Å². The Kier molecular flexibility index (Phi) is 4.32. The number of allylic oxidation sites excluding steroid dienone is 6. The zero-order valence-corrected chi connectivity index (χ0v) is 10.4. The van der Waals surface area contributed by atoms with Gasteiger partial charge in [0.1, 0.15) is 17.8 Å². The summed E-state index contributed by atoms with van der Waals surface area (Å²) in [4.78, 5) is 4.15. The molecule has 1 unspecified atom stereocenters. The molecule has 1 rings (SSSR count). The Morgan fingerprint density at radius 2 is 1.82 bits per heavy atom. The Morgan fingerprint density at radius 1 is 1.24 bits per heavy atom. The Hall–Kier alpha value is -1.32. The van der Waals surface area contributed by atoms with E-state index >= 15 is 0 Å². The van der Waals surface area contributed by atoms with Crippen molar-refractivity contribution in [2.24, 2.45) is 4.99 Å². The monoisotopic (exact) mass is 243 g/mol. The van der Waals surface area contributed by atoms with Crippen molar-refractivity contribution in [3.05, 3.63) is 34.6 Å². The molecule has 4 heteroatoms. The minimum atomic E-state index is -1.64. The molecule has 0 spiro atoms. The first-order chi connectivity index (χ1) is 7.82. The van der Waals surface area contributed by atoms with E-state index < -0.39 is 24.2 Å². The predicted octanol–water partition coefficient (Wildman–Crippen LogP) is 4.58. The molecule has 0 fully saturated rings. The van der Waals surface area contributed by atoms with E-state index in [2.05, 4.69) is 4.99 Å². The lowest BCUT2D eigenvalue weighted by atomic mass is 9.94. The summed E-state index contributed by atoms with van der Waals surface area (Å²) in [6.07, 6.45) is -1.30. The molecule has 0 amide bonds. The molecule has 0 radical (unpaired) electrons. The van der Waals surface area contributed by atoms with E-state index in [9.17, 15) is 13.2 Å². The van der Waals surface area contributed by atoms with Gasteiger partial charge in [0.25, 0.3) is 0 Å². The van der Waals surface area contributed by atoms with Gasteiger partial charge in [-0.25, -0.2) is 13.2 Å². The van der Waals surface area contributed by atoms with Crippen LogP contribution in [0, 0.1) is 0 Å². The maximum absolute atomic E-state index is 13.6. The summed E-state index contributed by atoms with van der Waals surface area (Å²) in [5, 5.41) is 0. The van der Waals surface area contributed by atoms with Gasteiger partial charge in [-0.3, -0.25) is 4.99 Å². The van der Waals surface area contributed by atoms with E-state index in [4.69, 9.17) is 0 Å². The van der Waals surface area contributed by atoms with E-state index in [1.807, 2.05) is 0 Å². The quantitative estimate of drug-likeness (QED) is 0.629. The van der Waals surface area contributed by atoms with Gasteiger partial charge < -0.3 is 0 Å². The molecule has 17 heavy (non-hydrogen) atoms. The molecule has 0 N–H and O–H groups in total. The molecule has 1 aliphatic carbocycles. The van der Waals surface area contributed by atoms with Gasteiger partial charge in [0.15, 0.2) is 0 Å². The second-order valence-electron chi connectivity index (χ2n) is 4.29. The molecule has 0 saturated heterocycles. The van der Waals surface area contributed by atoms with Gasteiger partial charge in [-0.05, 0) is 33.3 Å². The van der Waals surface area contributed by atoms with Gasteiger partial charge in [-0.1, -0.05) is 0 Å². The molecule has 0 saturated carbocycles. The minimum absolute atomic E-state index is 0.0890. The van der Waals surface area contributed by atoms with Crippen molar-refractivity contribution in [1.82, 2.24) is 0 Å². The van der Waals surface area contributed by atoms with Gasteiger partial charge in [0.05, 0.1) is 0 Å². The highest BCUT2D eigenvalue weighted by Gasteiger charge is 2.26. The van der Waals surface area contributed by atoms with E-state index in [1.165, 1.54) is 0 Å². The molecule has 0 aliphatic heterocycles. The zero-order valence-electron chi connectivity index (χ0n) is 10.4. The summed E-state index contributed by atoms with van der Waals surface area (Å²) in [6.45, 7) is 6.88. The summed E-state index contributed by atoms with van der Waals surface area (Å²) in [5.41, 5.74) is 1.69. The highest BCUT2D eigenvalue weighted by molar-refractivity contribution is 5.80. The number of rotatable bonds is 2. The molecule has 0 bridgehead atoms. The summed E-state index contributed by atoms with van der Waals surface area (Å²) >= 11 is 0. The van der Waals surface area contributed by atoms with Crippen molar-refractivity contribution < 1.29 is 13.2 Å². The fraction of sp³-hybridized carbons (Fsp3) is 0.462. The van der Waals surface area contributed by atoms with Crippen LogP contribution >= 0.6 is 0 Å². The van der Waals surface area contributed by atoms with Crippen LogP contribution in [0.1, 0.15) is 34.1 Å². The lowest BCUT2D eigenvalue weighted by Crippen LogP contribution is -2.12. The normalized spacial score (nSPS) is 22.1. The Morgan fingerprint density at radius 3 is 2.29 bits per heavy atom. The molecular formula is C13H16F3N. The van der Waals surface area contributed by atoms with Crippen molar-refractivity contribution >= 4 is 5.71 Å². The zero-order chi connectivity index (χ0) is 13.2. The summed E-state index contributed by atoms with van der Waals surface area (Å²) in [6, 6.07) is 0. The first-order valence-electron chi connectivity index (χ1n) is 5.42. The molecule has 0 aromatic carbocycles. The molecule has 0 aromatic rings. The van der Waals surface area contributed by atoms with Crippen LogP contribution in [0.5, 0.6) is 0 Å². The number of hydrogen-bond acceptors (Lipinski definition) is 1. The third-order valence-electron chi connectivity index (χ3n) is 2.57. The minimum Gasteiger partial charge on any atom is -0.263 e. The standard InChI is InChI=1S/C13H16F3N/c1-7(2)17-9(4)8(3)13-11(15)5-10(14)6-12(13)16/h5,12H,6H2,1-4H3/b9-8+. The topological polar surface area (TPSA) is 12.4 Å². The third-order valence-corrected chi connectivity index (χ3v) is 2.57. The average Bonchev–Trinajstić information content (AvgIpc) is 2.14. The first kappa shape index (κ1) is 13.7. The number of aliphatic imine (C=N–C) groups is 1. The highest BCUT2D eigenvalue weighted by atomic mass is 19.2. The van der Waals surface area contributed by atoms with Gasteiger partial charge in [-0.15, -0.1) is 0 Å². The fourth-order valence-corrected chi connectivity index (χ4v) is 1.73. The smallest absolute Gasteiger partial charge is 0.135 e. The van der Waals surface area contributed by atoms with E-state index in [1.54, 1.807) is 27.7 Å². The van der Waals surface area contributed by atoms with Gasteiger partial charge >= 0.3 is 0 Å². The largest absolute Gasteiger partial charge is 0.263 e. The summed E-state index contributed by atoms with van der Waals surface area (Å²) in [5.74, 6) is -1.61. The SMILES string of the molecule is CC(C)=N/C(C)=C(\C)C1=C(F)C=C(F)CC1F. The molecule has 1 atom stereocenters. The van der Waals surface area contributed by atoms with E-state index in [0.717, 1.165) is 11.8 Å². The number of halogens is 3. The van der Waals surface area contributed by atoms with E-state index in [-0.39, 0.29) is 5.57 Å². The number of hydrogen-bond donors (Lipinski definition) is 0. The lowest BCUT2D eigenvalue weighted by Gasteiger charge is -2.18. The molecule has 94 valence electrons. The van der Waals surface area contributed by atoms with Crippen molar-refractivity contribution in [1.29, 1.82) is 0 Å². The van der Waals surface area contributed by atoms with Crippen molar-refractivity contribution in [2.75, 3.05) is 0 Å². The lowest BCUT2D eigenvalue weighted by molar-refractivity contribution is 0.344. The molecular weight excluding hydrogens is 227 g/mol. The molecule has 0 aromatic heterocycles. The van der Waals surface area contributed by atoms with Crippen molar-refractivity contribution in [3.8, 4) is 0 Å². The Bertz CT molecular complexity index is 438.